The van der Waals surface area contributed by atoms with Gasteiger partial charge in [0.25, 0.3) is 10.2 Å². The standard InChI is InChI=1S/C9H18N4O2S2/c1-10-4-3-5-13(2)17(14,15)12-6-9-7-16-8-11-9/h7-8,10,12H,3-6H2,1-2H3. The molecule has 17 heavy (non-hydrogen) atoms. The van der Waals surface area contributed by atoms with E-state index in [0.717, 1.165) is 18.7 Å². The molecule has 0 bridgehead atoms. The average Bonchev–Trinajstić information content (AvgIpc) is 2.79. The average molecular weight is 278 g/mol. The molecule has 1 heterocycles. The Hall–Kier alpha value is -0.540. The molecule has 0 fully saturated rings. The topological polar surface area (TPSA) is 74.3 Å². The smallest absolute Gasteiger partial charge is 0.279 e. The minimum atomic E-state index is -3.40. The number of nitrogens with zero attached hydrogens (tertiary/aromatic N) is 2. The molecule has 0 spiro atoms. The van der Waals surface area contributed by atoms with Crippen LogP contribution in [0.3, 0.4) is 0 Å². The van der Waals surface area contributed by atoms with Gasteiger partial charge in [0.1, 0.15) is 0 Å². The van der Waals surface area contributed by atoms with Crippen molar-refractivity contribution in [2.75, 3.05) is 27.2 Å². The molecule has 2 N–H and O–H groups in total. The molecular weight excluding hydrogens is 260 g/mol. The highest BCUT2D eigenvalue weighted by atomic mass is 32.2. The largest absolute Gasteiger partial charge is 0.320 e. The maximum atomic E-state index is 11.8. The molecular formula is C9H18N4O2S2. The fraction of sp³-hybridized carbons (Fsp3) is 0.667. The van der Waals surface area contributed by atoms with Crippen molar-refractivity contribution in [2.24, 2.45) is 0 Å². The Labute approximate surface area is 106 Å². The van der Waals surface area contributed by atoms with E-state index in [1.165, 1.54) is 15.6 Å². The van der Waals surface area contributed by atoms with Crippen molar-refractivity contribution in [3.63, 3.8) is 0 Å². The molecule has 6 nitrogen and oxygen atoms in total. The van der Waals surface area contributed by atoms with Crippen LogP contribution in [-0.4, -0.2) is 44.9 Å². The van der Waals surface area contributed by atoms with E-state index < -0.39 is 10.2 Å². The SMILES string of the molecule is CNCCCN(C)S(=O)(=O)NCc1cscn1. The highest BCUT2D eigenvalue weighted by molar-refractivity contribution is 7.87. The van der Waals surface area contributed by atoms with Crippen LogP contribution in [0, 0.1) is 0 Å². The second-order valence-electron chi connectivity index (χ2n) is 3.58. The summed E-state index contributed by atoms with van der Waals surface area (Å²) in [5.41, 5.74) is 2.42. The zero-order valence-corrected chi connectivity index (χ0v) is 11.6. The van der Waals surface area contributed by atoms with E-state index in [4.69, 9.17) is 0 Å². The molecule has 0 aliphatic heterocycles. The van der Waals surface area contributed by atoms with Crippen LogP contribution in [0.25, 0.3) is 0 Å². The third kappa shape index (κ3) is 5.09. The van der Waals surface area contributed by atoms with Crippen LogP contribution >= 0.6 is 11.3 Å². The third-order valence-corrected chi connectivity index (χ3v) is 4.38. The molecule has 0 amide bonds. The van der Waals surface area contributed by atoms with Crippen LogP contribution in [0.15, 0.2) is 10.9 Å². The van der Waals surface area contributed by atoms with Crippen molar-refractivity contribution < 1.29 is 8.42 Å². The fourth-order valence-electron chi connectivity index (χ4n) is 1.20. The molecule has 1 aromatic rings. The van der Waals surface area contributed by atoms with Crippen LogP contribution < -0.4 is 10.0 Å². The number of nitrogens with one attached hydrogen (secondary N) is 2. The van der Waals surface area contributed by atoms with Crippen molar-refractivity contribution in [3.8, 4) is 0 Å². The van der Waals surface area contributed by atoms with E-state index in [-0.39, 0.29) is 6.54 Å². The van der Waals surface area contributed by atoms with E-state index in [9.17, 15) is 8.42 Å². The Balaban J connectivity index is 2.39. The second kappa shape index (κ2) is 7.02. The normalized spacial score (nSPS) is 12.2. The zero-order valence-electron chi connectivity index (χ0n) is 10.0. The highest BCUT2D eigenvalue weighted by Crippen LogP contribution is 2.02. The van der Waals surface area contributed by atoms with Crippen LogP contribution in [0.5, 0.6) is 0 Å². The lowest BCUT2D eigenvalue weighted by Gasteiger charge is -2.17. The summed E-state index contributed by atoms with van der Waals surface area (Å²) in [7, 11) is 0.0141. The summed E-state index contributed by atoms with van der Waals surface area (Å²) in [5.74, 6) is 0. The number of hydrogen-bond donors (Lipinski definition) is 2. The van der Waals surface area contributed by atoms with Gasteiger partial charge in [-0.15, -0.1) is 11.3 Å². The first-order valence-electron chi connectivity index (χ1n) is 5.29. The second-order valence-corrected chi connectivity index (χ2v) is 6.17. The minimum absolute atomic E-state index is 0.238. The number of rotatable bonds is 8. The van der Waals surface area contributed by atoms with Gasteiger partial charge in [-0.25, -0.2) is 4.98 Å². The lowest BCUT2D eigenvalue weighted by Crippen LogP contribution is -2.39. The monoisotopic (exact) mass is 278 g/mol. The maximum absolute atomic E-state index is 11.8. The van der Waals surface area contributed by atoms with E-state index in [1.54, 1.807) is 12.6 Å². The van der Waals surface area contributed by atoms with Gasteiger partial charge < -0.3 is 5.32 Å². The lowest BCUT2D eigenvalue weighted by atomic mass is 10.4. The van der Waals surface area contributed by atoms with Gasteiger partial charge in [-0.1, -0.05) is 0 Å². The molecule has 1 rings (SSSR count). The first kappa shape index (κ1) is 14.5. The van der Waals surface area contributed by atoms with Crippen LogP contribution in [0.2, 0.25) is 0 Å². The van der Waals surface area contributed by atoms with Gasteiger partial charge in [0.15, 0.2) is 0 Å². The minimum Gasteiger partial charge on any atom is -0.320 e. The van der Waals surface area contributed by atoms with E-state index >= 15 is 0 Å². The molecule has 0 saturated carbocycles. The number of aromatic nitrogens is 1. The molecule has 8 heteroatoms. The molecule has 0 saturated heterocycles. The first-order valence-corrected chi connectivity index (χ1v) is 7.67. The van der Waals surface area contributed by atoms with Gasteiger partial charge in [0.2, 0.25) is 0 Å². The summed E-state index contributed by atoms with van der Waals surface area (Å²) in [6.45, 7) is 1.53. The van der Waals surface area contributed by atoms with Gasteiger partial charge in [-0.2, -0.15) is 17.4 Å². The maximum Gasteiger partial charge on any atom is 0.279 e. The van der Waals surface area contributed by atoms with Crippen LogP contribution in [-0.2, 0) is 16.8 Å². The molecule has 1 aromatic heterocycles. The predicted molar refractivity (Wildman–Crippen MR) is 69.0 cm³/mol. The van der Waals surface area contributed by atoms with Gasteiger partial charge in [-0.05, 0) is 20.0 Å². The molecule has 0 aliphatic carbocycles. The molecule has 0 atom stereocenters. The Kier molecular flexibility index (Phi) is 6.00. The molecule has 0 unspecified atom stereocenters. The van der Waals surface area contributed by atoms with E-state index in [0.29, 0.717) is 6.54 Å². The third-order valence-electron chi connectivity index (χ3n) is 2.23. The Morgan fingerprint density at radius 2 is 2.29 bits per heavy atom. The number of hydrogen-bond acceptors (Lipinski definition) is 5. The van der Waals surface area contributed by atoms with Crippen LogP contribution in [0.4, 0.5) is 0 Å². The zero-order chi connectivity index (χ0) is 12.7. The van der Waals surface area contributed by atoms with Gasteiger partial charge in [0.05, 0.1) is 17.7 Å². The summed E-state index contributed by atoms with van der Waals surface area (Å²) < 4.78 is 27.4. The summed E-state index contributed by atoms with van der Waals surface area (Å²) in [4.78, 5) is 4.02. The summed E-state index contributed by atoms with van der Waals surface area (Å²) in [6, 6.07) is 0. The van der Waals surface area contributed by atoms with Gasteiger partial charge in [0, 0.05) is 19.0 Å². The molecule has 0 aliphatic rings. The molecule has 0 aromatic carbocycles. The summed E-state index contributed by atoms with van der Waals surface area (Å²) in [5, 5.41) is 4.80. The van der Waals surface area contributed by atoms with Crippen molar-refractivity contribution in [1.82, 2.24) is 19.3 Å². The lowest BCUT2D eigenvalue weighted by molar-refractivity contribution is 0.447. The van der Waals surface area contributed by atoms with Crippen molar-refractivity contribution in [3.05, 3.63) is 16.6 Å². The Bertz CT molecular complexity index is 405. The summed E-state index contributed by atoms with van der Waals surface area (Å²) >= 11 is 1.45. The number of thiazole rings is 1. The highest BCUT2D eigenvalue weighted by Gasteiger charge is 2.16. The Morgan fingerprint density at radius 3 is 2.88 bits per heavy atom. The van der Waals surface area contributed by atoms with E-state index in [2.05, 4.69) is 15.0 Å². The molecule has 98 valence electrons. The van der Waals surface area contributed by atoms with Crippen molar-refractivity contribution in [2.45, 2.75) is 13.0 Å². The van der Waals surface area contributed by atoms with Crippen LogP contribution in [0.1, 0.15) is 12.1 Å². The predicted octanol–water partition coefficient (Wildman–Crippen LogP) is 0.0188. The quantitative estimate of drug-likeness (QED) is 0.657. The fourth-order valence-corrected chi connectivity index (χ4v) is 2.68. The van der Waals surface area contributed by atoms with Gasteiger partial charge >= 0.3 is 0 Å². The van der Waals surface area contributed by atoms with Crippen molar-refractivity contribution in [1.29, 1.82) is 0 Å². The summed E-state index contributed by atoms with van der Waals surface area (Å²) in [6.07, 6.45) is 0.782. The Morgan fingerprint density at radius 1 is 1.53 bits per heavy atom. The molecule has 0 radical (unpaired) electrons. The van der Waals surface area contributed by atoms with Crippen molar-refractivity contribution >= 4 is 21.5 Å². The van der Waals surface area contributed by atoms with Gasteiger partial charge in [-0.3, -0.25) is 0 Å². The van der Waals surface area contributed by atoms with E-state index in [1.807, 2.05) is 12.4 Å². The first-order chi connectivity index (χ1) is 8.06.